The van der Waals surface area contributed by atoms with Crippen molar-refractivity contribution in [1.82, 2.24) is 25.3 Å². The van der Waals surface area contributed by atoms with Crippen molar-refractivity contribution >= 4 is 40.9 Å². The van der Waals surface area contributed by atoms with Crippen LogP contribution in [0.5, 0.6) is 0 Å². The second-order valence-electron chi connectivity index (χ2n) is 8.74. The van der Waals surface area contributed by atoms with Crippen molar-refractivity contribution in [3.63, 3.8) is 0 Å². The monoisotopic (exact) mass is 444 g/mol. The van der Waals surface area contributed by atoms with Crippen LogP contribution in [0.4, 0.5) is 5.82 Å². The van der Waals surface area contributed by atoms with Crippen LogP contribution in [-0.4, -0.2) is 56.8 Å². The first-order valence-electron chi connectivity index (χ1n) is 11.4. The molecule has 4 aromatic rings. The molecule has 0 aliphatic heterocycles. The van der Waals surface area contributed by atoms with Gasteiger partial charge in [-0.2, -0.15) is 0 Å². The summed E-state index contributed by atoms with van der Waals surface area (Å²) in [5.41, 5.74) is 2.77. The quantitative estimate of drug-likeness (QED) is 0.344. The Morgan fingerprint density at radius 1 is 1.12 bits per heavy atom. The third-order valence-corrected chi connectivity index (χ3v) is 5.80. The van der Waals surface area contributed by atoms with Crippen LogP contribution in [0.1, 0.15) is 27.2 Å². The van der Waals surface area contributed by atoms with Crippen LogP contribution in [0.25, 0.3) is 46.5 Å². The van der Waals surface area contributed by atoms with Gasteiger partial charge < -0.3 is 20.3 Å². The molecule has 7 nitrogen and oxygen atoms in total. The standard InChI is InChI=1S/C26H32N6O/c1-16(2)32(14-8-12-27-15-17(3)33)26-18(4)19(5)29-24(31-26)21-11-13-28-25-23(21)20-9-6-7-10-22(20)30-25/h6-7,9-11,13,16-17,27,33H,4-5,8,12,14-15H2,1-3H3,(H,28,30). The normalized spacial score (nSPS) is 12.6. The number of nitrogens with one attached hydrogen (secondary N) is 2. The third-order valence-electron chi connectivity index (χ3n) is 5.80. The minimum atomic E-state index is -0.350. The van der Waals surface area contributed by atoms with Crippen LogP contribution < -0.4 is 20.8 Å². The van der Waals surface area contributed by atoms with E-state index in [1.54, 1.807) is 13.1 Å². The molecule has 0 saturated carbocycles. The maximum atomic E-state index is 9.45. The molecule has 0 aliphatic carbocycles. The molecule has 0 radical (unpaired) electrons. The van der Waals surface area contributed by atoms with E-state index in [9.17, 15) is 5.11 Å². The molecule has 7 heteroatoms. The summed E-state index contributed by atoms with van der Waals surface area (Å²) in [7, 11) is 0. The van der Waals surface area contributed by atoms with Gasteiger partial charge in [-0.3, -0.25) is 0 Å². The van der Waals surface area contributed by atoms with E-state index in [1.807, 2.05) is 24.3 Å². The summed E-state index contributed by atoms with van der Waals surface area (Å²) in [4.78, 5) is 19.9. The highest BCUT2D eigenvalue weighted by Gasteiger charge is 2.18. The molecule has 0 bridgehead atoms. The average molecular weight is 445 g/mol. The van der Waals surface area contributed by atoms with Gasteiger partial charge in [-0.05, 0) is 45.9 Å². The number of aliphatic hydroxyl groups is 1. The first-order chi connectivity index (χ1) is 15.9. The van der Waals surface area contributed by atoms with Gasteiger partial charge in [0.1, 0.15) is 11.5 Å². The number of anilines is 1. The van der Waals surface area contributed by atoms with Crippen molar-refractivity contribution < 1.29 is 5.11 Å². The summed E-state index contributed by atoms with van der Waals surface area (Å²) in [6.45, 7) is 16.7. The number of fused-ring (bicyclic) bond motifs is 3. The fourth-order valence-electron chi connectivity index (χ4n) is 4.12. The number of nitrogens with zero attached hydrogens (tertiary/aromatic N) is 4. The van der Waals surface area contributed by atoms with Crippen LogP contribution in [0.3, 0.4) is 0 Å². The van der Waals surface area contributed by atoms with E-state index in [0.29, 0.717) is 17.7 Å². The zero-order valence-electron chi connectivity index (χ0n) is 19.6. The molecule has 1 atom stereocenters. The number of hydrogen-bond donors (Lipinski definition) is 3. The summed E-state index contributed by atoms with van der Waals surface area (Å²) in [5.74, 6) is 1.43. The van der Waals surface area contributed by atoms with Crippen LogP contribution in [-0.2, 0) is 0 Å². The summed E-state index contributed by atoms with van der Waals surface area (Å²) >= 11 is 0. The first-order valence-corrected chi connectivity index (χ1v) is 11.4. The number of aromatic amines is 1. The minimum Gasteiger partial charge on any atom is -0.392 e. The number of rotatable bonds is 9. The molecule has 0 fully saturated rings. The fraction of sp³-hybridized carbons (Fsp3) is 0.346. The van der Waals surface area contributed by atoms with Crippen molar-refractivity contribution in [1.29, 1.82) is 0 Å². The molecular weight excluding hydrogens is 412 g/mol. The van der Waals surface area contributed by atoms with E-state index in [0.717, 1.165) is 58.0 Å². The van der Waals surface area contributed by atoms with Gasteiger partial charge in [0.05, 0.1) is 11.5 Å². The van der Waals surface area contributed by atoms with E-state index >= 15 is 0 Å². The van der Waals surface area contributed by atoms with Crippen LogP contribution >= 0.6 is 0 Å². The lowest BCUT2D eigenvalue weighted by atomic mass is 10.1. The highest BCUT2D eigenvalue weighted by atomic mass is 16.3. The highest BCUT2D eigenvalue weighted by molar-refractivity contribution is 6.12. The number of para-hydroxylation sites is 1. The number of H-pyrrole nitrogens is 1. The maximum Gasteiger partial charge on any atom is 0.162 e. The Balaban J connectivity index is 1.74. The number of hydrogen-bond acceptors (Lipinski definition) is 6. The average Bonchev–Trinajstić information content (AvgIpc) is 3.17. The molecule has 4 rings (SSSR count). The molecular formula is C26H32N6O. The summed E-state index contributed by atoms with van der Waals surface area (Å²) in [5, 5.41) is 16.2. The van der Waals surface area contributed by atoms with Crippen molar-refractivity contribution in [2.24, 2.45) is 0 Å². The second kappa shape index (κ2) is 9.68. The Morgan fingerprint density at radius 3 is 2.67 bits per heavy atom. The zero-order chi connectivity index (χ0) is 23.5. The second-order valence-corrected chi connectivity index (χ2v) is 8.74. The maximum absolute atomic E-state index is 9.45. The highest BCUT2D eigenvalue weighted by Crippen LogP contribution is 2.31. The lowest BCUT2D eigenvalue weighted by Gasteiger charge is -2.28. The Kier molecular flexibility index (Phi) is 6.72. The van der Waals surface area contributed by atoms with E-state index in [-0.39, 0.29) is 12.1 Å². The van der Waals surface area contributed by atoms with Gasteiger partial charge in [0.25, 0.3) is 0 Å². The molecule has 0 aliphatic rings. The van der Waals surface area contributed by atoms with Crippen molar-refractivity contribution in [2.45, 2.75) is 39.3 Å². The molecule has 172 valence electrons. The lowest BCUT2D eigenvalue weighted by molar-refractivity contribution is 0.191. The topological polar surface area (TPSA) is 90.0 Å². The predicted molar refractivity (Wildman–Crippen MR) is 137 cm³/mol. The van der Waals surface area contributed by atoms with Gasteiger partial charge in [0.2, 0.25) is 0 Å². The molecule has 3 heterocycles. The van der Waals surface area contributed by atoms with Crippen LogP contribution in [0.15, 0.2) is 36.5 Å². The zero-order valence-corrected chi connectivity index (χ0v) is 19.6. The number of aliphatic hydroxyl groups excluding tert-OH is 1. The van der Waals surface area contributed by atoms with Gasteiger partial charge in [0.15, 0.2) is 5.82 Å². The van der Waals surface area contributed by atoms with Crippen molar-refractivity contribution in [3.05, 3.63) is 47.1 Å². The Bertz CT molecular complexity index is 1360. The van der Waals surface area contributed by atoms with Gasteiger partial charge in [-0.1, -0.05) is 31.4 Å². The first kappa shape index (κ1) is 22.9. The van der Waals surface area contributed by atoms with E-state index in [1.165, 1.54) is 0 Å². The summed E-state index contributed by atoms with van der Waals surface area (Å²) in [6.07, 6.45) is 2.35. The van der Waals surface area contributed by atoms with E-state index in [2.05, 4.69) is 53.3 Å². The van der Waals surface area contributed by atoms with Gasteiger partial charge >= 0.3 is 0 Å². The van der Waals surface area contributed by atoms with Crippen molar-refractivity contribution in [2.75, 3.05) is 24.5 Å². The van der Waals surface area contributed by atoms with Gasteiger partial charge in [-0.25, -0.2) is 15.0 Å². The van der Waals surface area contributed by atoms with E-state index < -0.39 is 0 Å². The number of aromatic nitrogens is 4. The number of pyridine rings is 1. The molecule has 3 N–H and O–H groups in total. The van der Waals surface area contributed by atoms with Gasteiger partial charge in [0, 0.05) is 52.4 Å². The lowest BCUT2D eigenvalue weighted by Crippen LogP contribution is -2.42. The predicted octanol–water partition coefficient (Wildman–Crippen LogP) is 2.57. The fourth-order valence-corrected chi connectivity index (χ4v) is 4.12. The molecule has 1 aromatic carbocycles. The molecule has 3 aromatic heterocycles. The Morgan fingerprint density at radius 2 is 1.91 bits per heavy atom. The summed E-state index contributed by atoms with van der Waals surface area (Å²) < 4.78 is 0. The van der Waals surface area contributed by atoms with Gasteiger partial charge in [-0.15, -0.1) is 0 Å². The Hall–Kier alpha value is -3.29. The smallest absolute Gasteiger partial charge is 0.162 e. The molecule has 33 heavy (non-hydrogen) atoms. The summed E-state index contributed by atoms with van der Waals surface area (Å²) in [6, 6.07) is 10.4. The van der Waals surface area contributed by atoms with Crippen LogP contribution in [0.2, 0.25) is 0 Å². The molecule has 0 spiro atoms. The van der Waals surface area contributed by atoms with E-state index in [4.69, 9.17) is 9.97 Å². The van der Waals surface area contributed by atoms with Crippen molar-refractivity contribution in [3.8, 4) is 11.4 Å². The Labute approximate surface area is 193 Å². The molecule has 0 amide bonds. The minimum absolute atomic E-state index is 0.231. The number of benzene rings is 1. The largest absolute Gasteiger partial charge is 0.392 e. The molecule has 0 saturated heterocycles. The molecule has 1 unspecified atom stereocenters. The third kappa shape index (κ3) is 4.74. The SMILES string of the molecule is C=c1nc(-c2ccnc3[nH]c4ccccc4c23)nc(N(CCCNCC(C)O)C(C)C)c1=C. The van der Waals surface area contributed by atoms with Crippen LogP contribution in [0, 0.1) is 0 Å².